The second-order valence-corrected chi connectivity index (χ2v) is 6.58. The topological polar surface area (TPSA) is 102 Å². The van der Waals surface area contributed by atoms with Crippen molar-refractivity contribution in [1.29, 1.82) is 5.26 Å². The average Bonchev–Trinajstić information content (AvgIpc) is 2.88. The van der Waals surface area contributed by atoms with Crippen LogP contribution in [0.1, 0.15) is 38.1 Å². The molecule has 9 heteroatoms. The lowest BCUT2D eigenvalue weighted by atomic mass is 10.1. The van der Waals surface area contributed by atoms with E-state index in [9.17, 15) is 14.9 Å². The number of hydrogen-bond acceptors (Lipinski definition) is 7. The standard InChI is InChI=1S/C16H12Cl2N2O4S/c1-2-23-16(22)13-11(10(6-19)14(20)25-13)7-24-15(21)9-4-3-8(17)5-12(9)18/h3-5H,2,7,20H2,1H3. The maximum Gasteiger partial charge on any atom is 0.348 e. The van der Waals surface area contributed by atoms with Crippen LogP contribution in [0, 0.1) is 11.3 Å². The van der Waals surface area contributed by atoms with Crippen LogP contribution in [-0.4, -0.2) is 18.5 Å². The third-order valence-electron chi connectivity index (χ3n) is 3.11. The Morgan fingerprint density at radius 2 is 2.00 bits per heavy atom. The van der Waals surface area contributed by atoms with Crippen LogP contribution in [0.5, 0.6) is 0 Å². The molecule has 0 fully saturated rings. The summed E-state index contributed by atoms with van der Waals surface area (Å²) in [6.45, 7) is 1.50. The summed E-state index contributed by atoms with van der Waals surface area (Å²) in [4.78, 5) is 24.3. The first-order valence-corrected chi connectivity index (χ1v) is 8.56. The Hall–Kier alpha value is -2.27. The average molecular weight is 399 g/mol. The van der Waals surface area contributed by atoms with E-state index in [0.29, 0.717) is 5.02 Å². The predicted molar refractivity (Wildman–Crippen MR) is 95.0 cm³/mol. The number of esters is 2. The summed E-state index contributed by atoms with van der Waals surface area (Å²) in [7, 11) is 0. The molecule has 2 rings (SSSR count). The lowest BCUT2D eigenvalue weighted by molar-refractivity contribution is 0.0453. The van der Waals surface area contributed by atoms with E-state index in [-0.39, 0.29) is 44.8 Å². The number of benzene rings is 1. The zero-order valence-electron chi connectivity index (χ0n) is 13.0. The Bertz CT molecular complexity index is 874. The molecule has 0 aliphatic heterocycles. The van der Waals surface area contributed by atoms with Gasteiger partial charge >= 0.3 is 11.9 Å². The number of halogens is 2. The third-order valence-corrected chi connectivity index (χ3v) is 4.69. The molecular weight excluding hydrogens is 387 g/mol. The Morgan fingerprint density at radius 1 is 1.28 bits per heavy atom. The minimum Gasteiger partial charge on any atom is -0.462 e. The van der Waals surface area contributed by atoms with Crippen molar-refractivity contribution in [1.82, 2.24) is 0 Å². The SMILES string of the molecule is CCOC(=O)c1sc(N)c(C#N)c1COC(=O)c1ccc(Cl)cc1Cl. The van der Waals surface area contributed by atoms with Gasteiger partial charge in [0.2, 0.25) is 0 Å². The van der Waals surface area contributed by atoms with Gasteiger partial charge in [0.15, 0.2) is 0 Å². The second kappa shape index (κ2) is 8.21. The van der Waals surface area contributed by atoms with Crippen molar-refractivity contribution in [3.05, 3.63) is 49.8 Å². The molecule has 6 nitrogen and oxygen atoms in total. The van der Waals surface area contributed by atoms with E-state index >= 15 is 0 Å². The van der Waals surface area contributed by atoms with Crippen LogP contribution in [-0.2, 0) is 16.1 Å². The molecule has 0 aliphatic carbocycles. The van der Waals surface area contributed by atoms with Crippen molar-refractivity contribution in [3.8, 4) is 6.07 Å². The zero-order chi connectivity index (χ0) is 18.6. The molecule has 0 radical (unpaired) electrons. The van der Waals surface area contributed by atoms with Gasteiger partial charge in [-0.2, -0.15) is 5.26 Å². The number of thiophene rings is 1. The number of ether oxygens (including phenoxy) is 2. The van der Waals surface area contributed by atoms with E-state index in [1.54, 1.807) is 6.92 Å². The van der Waals surface area contributed by atoms with E-state index in [0.717, 1.165) is 11.3 Å². The third kappa shape index (κ3) is 4.23. The summed E-state index contributed by atoms with van der Waals surface area (Å²) in [5.74, 6) is -1.35. The van der Waals surface area contributed by atoms with Crippen LogP contribution >= 0.6 is 34.5 Å². The molecular formula is C16H12Cl2N2O4S. The fourth-order valence-electron chi connectivity index (χ4n) is 1.98. The van der Waals surface area contributed by atoms with Gasteiger partial charge in [-0.3, -0.25) is 0 Å². The second-order valence-electron chi connectivity index (χ2n) is 4.68. The lowest BCUT2D eigenvalue weighted by Crippen LogP contribution is -2.10. The van der Waals surface area contributed by atoms with E-state index < -0.39 is 11.9 Å². The van der Waals surface area contributed by atoms with Gasteiger partial charge in [0.1, 0.15) is 22.6 Å². The Morgan fingerprint density at radius 3 is 2.60 bits per heavy atom. The van der Waals surface area contributed by atoms with Gasteiger partial charge in [-0.25, -0.2) is 9.59 Å². The van der Waals surface area contributed by atoms with Gasteiger partial charge in [-0.05, 0) is 25.1 Å². The summed E-state index contributed by atoms with van der Waals surface area (Å²) in [5, 5.41) is 9.89. The summed E-state index contributed by atoms with van der Waals surface area (Å²) >= 11 is 12.7. The van der Waals surface area contributed by atoms with Crippen LogP contribution < -0.4 is 5.73 Å². The molecule has 2 N–H and O–H groups in total. The first-order valence-electron chi connectivity index (χ1n) is 6.99. The molecule has 0 unspecified atom stereocenters. The number of anilines is 1. The van der Waals surface area contributed by atoms with Gasteiger partial charge in [0, 0.05) is 10.6 Å². The largest absolute Gasteiger partial charge is 0.462 e. The van der Waals surface area contributed by atoms with E-state index in [4.69, 9.17) is 38.4 Å². The highest BCUT2D eigenvalue weighted by atomic mass is 35.5. The molecule has 0 amide bonds. The fraction of sp³-hybridized carbons (Fsp3) is 0.188. The number of nitrogens with zero attached hydrogens (tertiary/aromatic N) is 1. The molecule has 1 aromatic carbocycles. The maximum atomic E-state index is 12.2. The number of hydrogen-bond donors (Lipinski definition) is 1. The van der Waals surface area contributed by atoms with Crippen molar-refractivity contribution in [2.75, 3.05) is 12.3 Å². The Kier molecular flexibility index (Phi) is 6.26. The molecule has 25 heavy (non-hydrogen) atoms. The molecule has 0 saturated heterocycles. The molecule has 0 spiro atoms. The fourth-order valence-corrected chi connectivity index (χ4v) is 3.38. The van der Waals surface area contributed by atoms with Crippen molar-refractivity contribution in [2.24, 2.45) is 0 Å². The highest BCUT2D eigenvalue weighted by molar-refractivity contribution is 7.18. The Balaban J connectivity index is 2.26. The van der Waals surface area contributed by atoms with Crippen LogP contribution in [0.25, 0.3) is 0 Å². The van der Waals surface area contributed by atoms with Crippen LogP contribution in [0.4, 0.5) is 5.00 Å². The van der Waals surface area contributed by atoms with Crippen molar-refractivity contribution in [2.45, 2.75) is 13.5 Å². The summed E-state index contributed by atoms with van der Waals surface area (Å²) in [6, 6.07) is 6.24. The molecule has 1 aromatic heterocycles. The minimum absolute atomic E-state index is 0.0862. The molecule has 1 heterocycles. The molecule has 2 aromatic rings. The number of nitriles is 1. The molecule has 0 bridgehead atoms. The van der Waals surface area contributed by atoms with E-state index in [2.05, 4.69) is 0 Å². The molecule has 0 aliphatic rings. The monoisotopic (exact) mass is 398 g/mol. The highest BCUT2D eigenvalue weighted by Gasteiger charge is 2.24. The highest BCUT2D eigenvalue weighted by Crippen LogP contribution is 2.32. The molecule has 130 valence electrons. The van der Waals surface area contributed by atoms with Crippen LogP contribution in [0.2, 0.25) is 10.0 Å². The van der Waals surface area contributed by atoms with Gasteiger partial charge in [0.05, 0.1) is 22.8 Å². The summed E-state index contributed by atoms with van der Waals surface area (Å²) in [5.41, 5.74) is 6.17. The maximum absolute atomic E-state index is 12.2. The molecule has 0 atom stereocenters. The van der Waals surface area contributed by atoms with Gasteiger partial charge in [-0.1, -0.05) is 23.2 Å². The number of nitrogens with two attached hydrogens (primary N) is 1. The first-order chi connectivity index (χ1) is 11.9. The Labute approximate surface area is 157 Å². The zero-order valence-corrected chi connectivity index (χ0v) is 15.3. The predicted octanol–water partition coefficient (Wildman–Crippen LogP) is 4.04. The van der Waals surface area contributed by atoms with Crippen LogP contribution in [0.15, 0.2) is 18.2 Å². The van der Waals surface area contributed by atoms with Gasteiger partial charge < -0.3 is 15.2 Å². The summed E-state index contributed by atoms with van der Waals surface area (Å²) in [6.07, 6.45) is 0. The first kappa shape index (κ1) is 19.1. The van der Waals surface area contributed by atoms with E-state index in [1.165, 1.54) is 18.2 Å². The number of rotatable bonds is 5. The normalized spacial score (nSPS) is 10.2. The smallest absolute Gasteiger partial charge is 0.348 e. The number of nitrogen functional groups attached to an aromatic ring is 1. The van der Waals surface area contributed by atoms with Crippen molar-refractivity contribution >= 4 is 51.5 Å². The van der Waals surface area contributed by atoms with Crippen LogP contribution in [0.3, 0.4) is 0 Å². The van der Waals surface area contributed by atoms with Gasteiger partial charge in [-0.15, -0.1) is 11.3 Å². The van der Waals surface area contributed by atoms with E-state index in [1.807, 2.05) is 6.07 Å². The minimum atomic E-state index is -0.717. The molecule has 0 saturated carbocycles. The van der Waals surface area contributed by atoms with Crippen molar-refractivity contribution in [3.63, 3.8) is 0 Å². The number of carbonyl (C=O) groups excluding carboxylic acids is 2. The van der Waals surface area contributed by atoms with Gasteiger partial charge in [0.25, 0.3) is 0 Å². The number of carbonyl (C=O) groups is 2. The lowest BCUT2D eigenvalue weighted by Gasteiger charge is -2.08. The quantitative estimate of drug-likeness (QED) is 0.762. The van der Waals surface area contributed by atoms with Crippen molar-refractivity contribution < 1.29 is 19.1 Å². The summed E-state index contributed by atoms with van der Waals surface area (Å²) < 4.78 is 10.1.